The molecular formula is C11H8O4S. The maximum absolute atomic E-state index is 10.9. The fourth-order valence-electron chi connectivity index (χ4n) is 1.40. The largest absolute Gasteiger partial charge is 0.478 e. The Morgan fingerprint density at radius 2 is 2.12 bits per heavy atom. The van der Waals surface area contributed by atoms with Gasteiger partial charge in [0.25, 0.3) is 0 Å². The summed E-state index contributed by atoms with van der Waals surface area (Å²) in [5, 5.41) is 11.5. The van der Waals surface area contributed by atoms with Crippen LogP contribution in [0.1, 0.15) is 17.3 Å². The van der Waals surface area contributed by atoms with Gasteiger partial charge in [-0.15, -0.1) is 11.3 Å². The Balaban J connectivity index is 2.63. The van der Waals surface area contributed by atoms with Crippen LogP contribution in [0.25, 0.3) is 10.1 Å². The van der Waals surface area contributed by atoms with Crippen LogP contribution in [-0.2, 0) is 4.79 Å². The number of hydrogen-bond acceptors (Lipinski definition) is 4. The first-order valence-corrected chi connectivity index (χ1v) is 5.39. The zero-order chi connectivity index (χ0) is 11.7. The molecule has 0 aliphatic rings. The third kappa shape index (κ3) is 1.90. The maximum atomic E-state index is 10.9. The number of aromatic carboxylic acids is 1. The van der Waals surface area contributed by atoms with Crippen LogP contribution in [0.5, 0.6) is 5.75 Å². The summed E-state index contributed by atoms with van der Waals surface area (Å²) in [6.45, 7) is 1.28. The van der Waals surface area contributed by atoms with Gasteiger partial charge in [-0.1, -0.05) is 0 Å². The van der Waals surface area contributed by atoms with Gasteiger partial charge in [-0.2, -0.15) is 0 Å². The number of ether oxygens (including phenoxy) is 1. The highest BCUT2D eigenvalue weighted by Gasteiger charge is 2.12. The van der Waals surface area contributed by atoms with E-state index in [2.05, 4.69) is 0 Å². The fraction of sp³-hybridized carbons (Fsp3) is 0.0909. The van der Waals surface area contributed by atoms with E-state index in [1.807, 2.05) is 5.38 Å². The molecule has 0 bridgehead atoms. The lowest BCUT2D eigenvalue weighted by Gasteiger charge is -2.04. The predicted octanol–water partition coefficient (Wildman–Crippen LogP) is 2.52. The van der Waals surface area contributed by atoms with Crippen molar-refractivity contribution in [3.63, 3.8) is 0 Å². The Hall–Kier alpha value is -1.88. The predicted molar refractivity (Wildman–Crippen MR) is 60.1 cm³/mol. The van der Waals surface area contributed by atoms with E-state index in [0.29, 0.717) is 5.75 Å². The van der Waals surface area contributed by atoms with Crippen LogP contribution in [-0.4, -0.2) is 17.0 Å². The SMILES string of the molecule is CC(=O)Oc1cc(C(=O)O)cc2ccsc12. The van der Waals surface area contributed by atoms with Crippen LogP contribution in [0.4, 0.5) is 0 Å². The van der Waals surface area contributed by atoms with Crippen LogP contribution < -0.4 is 4.74 Å². The highest BCUT2D eigenvalue weighted by Crippen LogP contribution is 2.32. The summed E-state index contributed by atoms with van der Waals surface area (Å²) in [7, 11) is 0. The standard InChI is InChI=1S/C11H8O4S/c1-6(12)15-9-5-8(11(13)14)4-7-2-3-16-10(7)9/h2-5H,1H3,(H,13,14). The van der Waals surface area contributed by atoms with Gasteiger partial charge in [0.05, 0.1) is 10.3 Å². The van der Waals surface area contributed by atoms with Gasteiger partial charge in [0.2, 0.25) is 0 Å². The molecule has 0 radical (unpaired) electrons. The average molecular weight is 236 g/mol. The minimum absolute atomic E-state index is 0.113. The van der Waals surface area contributed by atoms with Crippen LogP contribution >= 0.6 is 11.3 Å². The van der Waals surface area contributed by atoms with E-state index in [1.54, 1.807) is 12.1 Å². The van der Waals surface area contributed by atoms with Crippen molar-refractivity contribution in [1.29, 1.82) is 0 Å². The summed E-state index contributed by atoms with van der Waals surface area (Å²) < 4.78 is 5.76. The van der Waals surface area contributed by atoms with Crippen LogP contribution in [0.2, 0.25) is 0 Å². The normalized spacial score (nSPS) is 10.3. The van der Waals surface area contributed by atoms with Gasteiger partial charge in [0.15, 0.2) is 0 Å². The first kappa shape index (κ1) is 10.6. The molecule has 82 valence electrons. The maximum Gasteiger partial charge on any atom is 0.335 e. The molecule has 0 amide bonds. The molecule has 5 heteroatoms. The molecule has 0 atom stereocenters. The monoisotopic (exact) mass is 236 g/mol. The van der Waals surface area contributed by atoms with E-state index in [-0.39, 0.29) is 5.56 Å². The number of hydrogen-bond donors (Lipinski definition) is 1. The molecule has 2 rings (SSSR count). The van der Waals surface area contributed by atoms with Gasteiger partial charge >= 0.3 is 11.9 Å². The second-order valence-electron chi connectivity index (χ2n) is 3.21. The number of rotatable bonds is 2. The highest BCUT2D eigenvalue weighted by atomic mass is 32.1. The molecule has 0 saturated carbocycles. The van der Waals surface area contributed by atoms with Gasteiger partial charge in [-0.3, -0.25) is 4.79 Å². The summed E-state index contributed by atoms with van der Waals surface area (Å²) >= 11 is 1.41. The molecule has 0 aliphatic carbocycles. The van der Waals surface area contributed by atoms with Crippen molar-refractivity contribution >= 4 is 33.4 Å². The Labute approximate surface area is 95.1 Å². The minimum atomic E-state index is -1.04. The average Bonchev–Trinajstić information content (AvgIpc) is 2.64. The number of esters is 1. The number of carbonyl (C=O) groups is 2. The molecule has 16 heavy (non-hydrogen) atoms. The number of thiophene rings is 1. The van der Waals surface area contributed by atoms with E-state index in [9.17, 15) is 9.59 Å². The van der Waals surface area contributed by atoms with Gasteiger partial charge in [0, 0.05) is 6.92 Å². The van der Waals surface area contributed by atoms with Crippen LogP contribution in [0.3, 0.4) is 0 Å². The Morgan fingerprint density at radius 3 is 2.75 bits per heavy atom. The third-order valence-corrected chi connectivity index (χ3v) is 2.96. The van der Waals surface area contributed by atoms with E-state index in [0.717, 1.165) is 10.1 Å². The molecule has 1 N–H and O–H groups in total. The second kappa shape index (κ2) is 3.94. The summed E-state index contributed by atoms with van der Waals surface area (Å²) in [6.07, 6.45) is 0. The summed E-state index contributed by atoms with van der Waals surface area (Å²) in [5.41, 5.74) is 0.113. The molecule has 0 spiro atoms. The number of carbonyl (C=O) groups excluding carboxylic acids is 1. The topological polar surface area (TPSA) is 63.6 Å². The van der Waals surface area contributed by atoms with Crippen molar-refractivity contribution in [1.82, 2.24) is 0 Å². The molecule has 0 fully saturated rings. The van der Waals surface area contributed by atoms with Gasteiger partial charge < -0.3 is 9.84 Å². The van der Waals surface area contributed by atoms with Gasteiger partial charge in [-0.05, 0) is 29.0 Å². The Kier molecular flexibility index (Phi) is 2.62. The van der Waals surface area contributed by atoms with Crippen LogP contribution in [0.15, 0.2) is 23.6 Å². The highest BCUT2D eigenvalue weighted by molar-refractivity contribution is 7.17. The third-order valence-electron chi connectivity index (χ3n) is 2.02. The van der Waals surface area contributed by atoms with Gasteiger partial charge in [-0.25, -0.2) is 4.79 Å². The van der Waals surface area contributed by atoms with Crippen molar-refractivity contribution in [3.8, 4) is 5.75 Å². The van der Waals surface area contributed by atoms with Gasteiger partial charge in [0.1, 0.15) is 5.75 Å². The molecular weight excluding hydrogens is 228 g/mol. The fourth-order valence-corrected chi connectivity index (χ4v) is 2.23. The first-order valence-electron chi connectivity index (χ1n) is 4.51. The van der Waals surface area contributed by atoms with Crippen molar-refractivity contribution in [3.05, 3.63) is 29.1 Å². The molecule has 1 aromatic heterocycles. The second-order valence-corrected chi connectivity index (χ2v) is 4.13. The number of carboxylic acids is 1. The smallest absolute Gasteiger partial charge is 0.335 e. The lowest BCUT2D eigenvalue weighted by Crippen LogP contribution is -2.03. The quantitative estimate of drug-likeness (QED) is 0.642. The Bertz CT molecular complexity index is 570. The minimum Gasteiger partial charge on any atom is -0.478 e. The lowest BCUT2D eigenvalue weighted by atomic mass is 10.1. The number of carboxylic acid groups (broad SMARTS) is 1. The summed E-state index contributed by atoms with van der Waals surface area (Å²) in [6, 6.07) is 4.71. The van der Waals surface area contributed by atoms with E-state index < -0.39 is 11.9 Å². The lowest BCUT2D eigenvalue weighted by molar-refractivity contribution is -0.131. The number of fused-ring (bicyclic) bond motifs is 1. The molecule has 1 aromatic carbocycles. The Morgan fingerprint density at radius 1 is 1.38 bits per heavy atom. The summed E-state index contributed by atoms with van der Waals surface area (Å²) in [4.78, 5) is 21.8. The molecule has 0 unspecified atom stereocenters. The van der Waals surface area contributed by atoms with Crippen LogP contribution in [0, 0.1) is 0 Å². The zero-order valence-electron chi connectivity index (χ0n) is 8.39. The van der Waals surface area contributed by atoms with Crippen molar-refractivity contribution in [2.45, 2.75) is 6.92 Å². The summed E-state index contributed by atoms with van der Waals surface area (Å²) in [5.74, 6) is -1.20. The van der Waals surface area contributed by atoms with Crippen molar-refractivity contribution in [2.24, 2.45) is 0 Å². The first-order chi connectivity index (χ1) is 7.58. The molecule has 0 saturated heterocycles. The van der Waals surface area contributed by atoms with Crippen molar-refractivity contribution < 1.29 is 19.4 Å². The van der Waals surface area contributed by atoms with E-state index in [4.69, 9.17) is 9.84 Å². The van der Waals surface area contributed by atoms with E-state index >= 15 is 0 Å². The molecule has 4 nitrogen and oxygen atoms in total. The molecule has 1 heterocycles. The molecule has 0 aliphatic heterocycles. The van der Waals surface area contributed by atoms with E-state index in [1.165, 1.54) is 24.3 Å². The molecule has 2 aromatic rings. The zero-order valence-corrected chi connectivity index (χ0v) is 9.21. The van der Waals surface area contributed by atoms with Crippen molar-refractivity contribution in [2.75, 3.05) is 0 Å². The number of benzene rings is 1.